The minimum absolute atomic E-state index is 0.0292. The molecule has 0 radical (unpaired) electrons. The van der Waals surface area contributed by atoms with Gasteiger partial charge >= 0.3 is 0 Å². The zero-order valence-corrected chi connectivity index (χ0v) is 9.93. The van der Waals surface area contributed by atoms with Crippen molar-refractivity contribution in [3.63, 3.8) is 0 Å². The zero-order chi connectivity index (χ0) is 11.5. The van der Waals surface area contributed by atoms with Crippen LogP contribution in [0.1, 0.15) is 26.7 Å². The van der Waals surface area contributed by atoms with Crippen molar-refractivity contribution in [3.8, 4) is 0 Å². The van der Waals surface area contributed by atoms with Gasteiger partial charge < -0.3 is 10.2 Å². The number of amides is 2. The van der Waals surface area contributed by atoms with Gasteiger partial charge in [-0.2, -0.15) is 0 Å². The lowest BCUT2D eigenvalue weighted by Gasteiger charge is -2.29. The number of halogens is 1. The fourth-order valence-corrected chi connectivity index (χ4v) is 1.82. The van der Waals surface area contributed by atoms with Crippen LogP contribution in [0.3, 0.4) is 0 Å². The van der Waals surface area contributed by atoms with Gasteiger partial charge in [-0.25, -0.2) is 0 Å². The highest BCUT2D eigenvalue weighted by molar-refractivity contribution is 6.27. The number of nitrogens with one attached hydrogen (secondary N) is 1. The molecule has 4 nitrogen and oxygen atoms in total. The molecule has 0 saturated carbocycles. The summed E-state index contributed by atoms with van der Waals surface area (Å²) in [6.45, 7) is 4.99. The predicted molar refractivity (Wildman–Crippen MR) is 58.8 cm³/mol. The molecule has 86 valence electrons. The number of likely N-dealkylation sites (tertiary alicyclic amines) is 1. The van der Waals surface area contributed by atoms with Crippen LogP contribution in [0, 0.1) is 0 Å². The normalized spacial score (nSPS) is 16.6. The van der Waals surface area contributed by atoms with Crippen LogP contribution in [0.5, 0.6) is 0 Å². The van der Waals surface area contributed by atoms with Gasteiger partial charge in [0.1, 0.15) is 11.4 Å². The minimum Gasteiger partial charge on any atom is -0.341 e. The van der Waals surface area contributed by atoms with Crippen molar-refractivity contribution in [2.45, 2.75) is 32.2 Å². The molecular formula is C10H17ClN2O2. The van der Waals surface area contributed by atoms with Gasteiger partial charge in [0.15, 0.2) is 0 Å². The van der Waals surface area contributed by atoms with Gasteiger partial charge in [-0.05, 0) is 26.7 Å². The van der Waals surface area contributed by atoms with Crippen molar-refractivity contribution in [1.82, 2.24) is 10.2 Å². The van der Waals surface area contributed by atoms with Crippen molar-refractivity contribution < 1.29 is 9.59 Å². The molecule has 5 heteroatoms. The molecule has 2 amide bonds. The predicted octanol–water partition coefficient (Wildman–Crippen LogP) is 0.742. The van der Waals surface area contributed by atoms with Gasteiger partial charge in [0.25, 0.3) is 0 Å². The summed E-state index contributed by atoms with van der Waals surface area (Å²) in [7, 11) is 0. The first-order chi connectivity index (χ1) is 6.97. The average molecular weight is 233 g/mol. The van der Waals surface area contributed by atoms with E-state index in [4.69, 9.17) is 11.6 Å². The van der Waals surface area contributed by atoms with Crippen molar-refractivity contribution >= 4 is 23.4 Å². The van der Waals surface area contributed by atoms with E-state index < -0.39 is 5.54 Å². The van der Waals surface area contributed by atoms with Crippen LogP contribution in [-0.4, -0.2) is 41.2 Å². The molecule has 0 unspecified atom stereocenters. The van der Waals surface area contributed by atoms with Crippen LogP contribution in [0.4, 0.5) is 0 Å². The first-order valence-electron chi connectivity index (χ1n) is 5.14. The highest BCUT2D eigenvalue weighted by Gasteiger charge is 2.34. The Labute approximate surface area is 95.0 Å². The summed E-state index contributed by atoms with van der Waals surface area (Å²) < 4.78 is 0. The van der Waals surface area contributed by atoms with Gasteiger partial charge in [-0.3, -0.25) is 9.59 Å². The Hall–Kier alpha value is -0.770. The molecule has 0 aromatic heterocycles. The average Bonchev–Trinajstić information content (AvgIpc) is 2.68. The van der Waals surface area contributed by atoms with E-state index in [1.165, 1.54) is 0 Å². The van der Waals surface area contributed by atoms with E-state index >= 15 is 0 Å². The fourth-order valence-electron chi connectivity index (χ4n) is 1.75. The topological polar surface area (TPSA) is 49.4 Å². The number of nitrogens with zero attached hydrogens (tertiary/aromatic N) is 1. The monoisotopic (exact) mass is 232 g/mol. The van der Waals surface area contributed by atoms with E-state index in [2.05, 4.69) is 5.32 Å². The number of alkyl halides is 1. The Balaban J connectivity index is 2.59. The standard InChI is InChI=1S/C10H17ClN2O2/c1-10(2,12-8(14)7-11)9(15)13-5-3-4-6-13/h3-7H2,1-2H3,(H,12,14). The third kappa shape index (κ3) is 3.09. The molecule has 1 fully saturated rings. The third-order valence-corrected chi connectivity index (χ3v) is 2.74. The third-order valence-electron chi connectivity index (χ3n) is 2.50. The number of hydrogen-bond donors (Lipinski definition) is 1. The molecule has 0 atom stereocenters. The van der Waals surface area contributed by atoms with Crippen molar-refractivity contribution in [2.75, 3.05) is 19.0 Å². The summed E-state index contributed by atoms with van der Waals surface area (Å²) >= 11 is 5.39. The van der Waals surface area contributed by atoms with Gasteiger partial charge in [0.2, 0.25) is 11.8 Å². The second-order valence-electron chi connectivity index (χ2n) is 4.31. The first kappa shape index (κ1) is 12.3. The van der Waals surface area contributed by atoms with Crippen LogP contribution >= 0.6 is 11.6 Å². The van der Waals surface area contributed by atoms with E-state index in [1.54, 1.807) is 18.7 Å². The Bertz CT molecular complexity index is 260. The Morgan fingerprint density at radius 3 is 2.33 bits per heavy atom. The maximum absolute atomic E-state index is 12.0. The van der Waals surface area contributed by atoms with E-state index in [9.17, 15) is 9.59 Å². The van der Waals surface area contributed by atoms with Crippen molar-refractivity contribution in [1.29, 1.82) is 0 Å². The number of carbonyl (C=O) groups excluding carboxylic acids is 2. The van der Waals surface area contributed by atoms with Crippen LogP contribution in [0.25, 0.3) is 0 Å². The maximum Gasteiger partial charge on any atom is 0.247 e. The van der Waals surface area contributed by atoms with Crippen LogP contribution in [0.2, 0.25) is 0 Å². The summed E-state index contributed by atoms with van der Waals surface area (Å²) in [6, 6.07) is 0. The summed E-state index contributed by atoms with van der Waals surface area (Å²) in [5.74, 6) is -0.454. The molecule has 0 spiro atoms. The second kappa shape index (κ2) is 4.84. The Morgan fingerprint density at radius 2 is 1.87 bits per heavy atom. The quantitative estimate of drug-likeness (QED) is 0.730. The second-order valence-corrected chi connectivity index (χ2v) is 4.57. The van der Waals surface area contributed by atoms with Crippen LogP contribution in [0.15, 0.2) is 0 Å². The molecule has 1 rings (SSSR count). The smallest absolute Gasteiger partial charge is 0.247 e. The SMILES string of the molecule is CC(C)(NC(=O)CCl)C(=O)N1CCCC1. The van der Waals surface area contributed by atoms with Gasteiger partial charge in [-0.1, -0.05) is 0 Å². The van der Waals surface area contributed by atoms with E-state index in [0.717, 1.165) is 25.9 Å². The number of rotatable bonds is 3. The summed E-state index contributed by atoms with van der Waals surface area (Å²) in [5, 5.41) is 2.62. The molecule has 1 saturated heterocycles. The molecule has 0 aliphatic carbocycles. The van der Waals surface area contributed by atoms with Gasteiger partial charge in [-0.15, -0.1) is 11.6 Å². The van der Waals surface area contributed by atoms with Crippen molar-refractivity contribution in [3.05, 3.63) is 0 Å². The summed E-state index contributed by atoms with van der Waals surface area (Å²) in [4.78, 5) is 24.9. The summed E-state index contributed by atoms with van der Waals surface area (Å²) in [6.07, 6.45) is 2.09. The van der Waals surface area contributed by atoms with Crippen LogP contribution in [-0.2, 0) is 9.59 Å². The van der Waals surface area contributed by atoms with Crippen LogP contribution < -0.4 is 5.32 Å². The Kier molecular flexibility index (Phi) is 3.97. The first-order valence-corrected chi connectivity index (χ1v) is 5.67. The largest absolute Gasteiger partial charge is 0.341 e. The van der Waals surface area contributed by atoms with Gasteiger partial charge in [0.05, 0.1) is 0 Å². The fraction of sp³-hybridized carbons (Fsp3) is 0.800. The molecule has 0 aromatic rings. The highest BCUT2D eigenvalue weighted by Crippen LogP contribution is 2.14. The molecule has 0 aromatic carbocycles. The molecular weight excluding hydrogens is 216 g/mol. The lowest BCUT2D eigenvalue weighted by molar-refractivity contribution is -0.139. The zero-order valence-electron chi connectivity index (χ0n) is 9.18. The van der Waals surface area contributed by atoms with E-state index in [0.29, 0.717) is 0 Å². The highest BCUT2D eigenvalue weighted by atomic mass is 35.5. The number of carbonyl (C=O) groups is 2. The molecule has 1 aliphatic heterocycles. The molecule has 0 bridgehead atoms. The number of hydrogen-bond acceptors (Lipinski definition) is 2. The minimum atomic E-state index is -0.851. The molecule has 1 N–H and O–H groups in total. The molecule has 1 aliphatic rings. The van der Waals surface area contributed by atoms with E-state index in [1.807, 2.05) is 0 Å². The van der Waals surface area contributed by atoms with E-state index in [-0.39, 0.29) is 17.7 Å². The lowest BCUT2D eigenvalue weighted by Crippen LogP contribution is -2.55. The van der Waals surface area contributed by atoms with Gasteiger partial charge in [0, 0.05) is 13.1 Å². The molecule has 1 heterocycles. The molecule has 15 heavy (non-hydrogen) atoms. The van der Waals surface area contributed by atoms with Crippen molar-refractivity contribution in [2.24, 2.45) is 0 Å². The lowest BCUT2D eigenvalue weighted by atomic mass is 10.0. The summed E-state index contributed by atoms with van der Waals surface area (Å²) in [5.41, 5.74) is -0.851. The maximum atomic E-state index is 12.0. The Morgan fingerprint density at radius 1 is 1.33 bits per heavy atom.